The van der Waals surface area contributed by atoms with Crippen LogP contribution in [0.3, 0.4) is 0 Å². The van der Waals surface area contributed by atoms with Crippen LogP contribution in [0.5, 0.6) is 11.5 Å². The fourth-order valence-corrected chi connectivity index (χ4v) is 5.90. The van der Waals surface area contributed by atoms with Gasteiger partial charge in [-0.15, -0.1) is 0 Å². The van der Waals surface area contributed by atoms with Crippen molar-refractivity contribution in [2.24, 2.45) is 0 Å². The summed E-state index contributed by atoms with van der Waals surface area (Å²) in [4.78, 5) is 4.82. The molecule has 4 nitrogen and oxygen atoms in total. The molecule has 0 amide bonds. The van der Waals surface area contributed by atoms with Crippen LogP contribution in [-0.2, 0) is 13.1 Å². The Morgan fingerprint density at radius 2 is 0.941 bits per heavy atom. The van der Waals surface area contributed by atoms with Crippen LogP contribution in [0, 0.1) is 0 Å². The number of fused-ring (bicyclic) bond motifs is 2. The van der Waals surface area contributed by atoms with Gasteiger partial charge in [-0.25, -0.2) is 0 Å². The molecule has 0 saturated carbocycles. The average Bonchev–Trinajstić information content (AvgIpc) is 3.56. The van der Waals surface area contributed by atoms with E-state index in [-0.39, 0.29) is 0 Å². The van der Waals surface area contributed by atoms with E-state index in [2.05, 4.69) is 46.2 Å². The van der Waals surface area contributed by atoms with Crippen molar-refractivity contribution >= 4 is 21.5 Å². The predicted octanol–water partition coefficient (Wildman–Crippen LogP) is 6.26. The second-order valence-corrected chi connectivity index (χ2v) is 9.93. The largest absolute Gasteiger partial charge is 0.507 e. The van der Waals surface area contributed by atoms with Crippen LogP contribution in [-0.4, -0.2) is 46.2 Å². The van der Waals surface area contributed by atoms with Crippen LogP contribution in [0.4, 0.5) is 0 Å². The average molecular weight is 453 g/mol. The molecular formula is C30H32N2O2. The second-order valence-electron chi connectivity index (χ2n) is 9.93. The molecule has 2 aliphatic heterocycles. The lowest BCUT2D eigenvalue weighted by molar-refractivity contribution is 0.324. The number of hydrogen-bond donors (Lipinski definition) is 2. The summed E-state index contributed by atoms with van der Waals surface area (Å²) >= 11 is 0. The molecule has 34 heavy (non-hydrogen) atoms. The van der Waals surface area contributed by atoms with Crippen LogP contribution in [0.15, 0.2) is 60.7 Å². The SMILES string of the molecule is Oc1c(CN2CCCC2)cc2ccccc2c1-c1c(O)c(CN2CCCC2)cc2ccccc12. The lowest BCUT2D eigenvalue weighted by Crippen LogP contribution is -2.18. The fraction of sp³-hybridized carbons (Fsp3) is 0.333. The summed E-state index contributed by atoms with van der Waals surface area (Å²) in [5, 5.41) is 27.6. The van der Waals surface area contributed by atoms with E-state index in [1.165, 1.54) is 25.7 Å². The number of nitrogens with zero attached hydrogens (tertiary/aromatic N) is 2. The number of rotatable bonds is 5. The number of aromatic hydroxyl groups is 2. The molecule has 2 saturated heterocycles. The van der Waals surface area contributed by atoms with Gasteiger partial charge in [0.05, 0.1) is 0 Å². The predicted molar refractivity (Wildman–Crippen MR) is 139 cm³/mol. The standard InChI is InChI=1S/C30H32N2O2/c33-29-23(19-31-13-5-6-14-31)17-21-9-1-3-11-25(21)27(29)28-26-12-4-2-10-22(26)18-24(30(28)34)20-32-15-7-8-16-32/h1-4,9-12,17-18,33-34H,5-8,13-16,19-20H2. The molecule has 2 N–H and O–H groups in total. The molecule has 4 aromatic rings. The van der Waals surface area contributed by atoms with Gasteiger partial charge in [0.1, 0.15) is 11.5 Å². The maximum Gasteiger partial charge on any atom is 0.128 e. The second kappa shape index (κ2) is 8.94. The molecule has 0 bridgehead atoms. The van der Waals surface area contributed by atoms with Crippen molar-refractivity contribution in [3.8, 4) is 22.6 Å². The maximum atomic E-state index is 11.7. The molecule has 2 aliphatic rings. The monoisotopic (exact) mass is 452 g/mol. The quantitative estimate of drug-likeness (QED) is 0.375. The number of phenolic OH excluding ortho intramolecular Hbond substituents is 2. The highest BCUT2D eigenvalue weighted by atomic mass is 16.3. The molecule has 174 valence electrons. The molecule has 2 heterocycles. The Morgan fingerprint density at radius 3 is 1.35 bits per heavy atom. The highest BCUT2D eigenvalue weighted by Gasteiger charge is 2.24. The molecule has 0 radical (unpaired) electrons. The van der Waals surface area contributed by atoms with Crippen LogP contribution in [0.25, 0.3) is 32.7 Å². The summed E-state index contributed by atoms with van der Waals surface area (Å²) in [6, 6.07) is 20.7. The zero-order chi connectivity index (χ0) is 23.1. The van der Waals surface area contributed by atoms with Crippen LogP contribution in [0.2, 0.25) is 0 Å². The number of likely N-dealkylation sites (tertiary alicyclic amines) is 2. The molecular weight excluding hydrogens is 420 g/mol. The fourth-order valence-electron chi connectivity index (χ4n) is 5.90. The van der Waals surface area contributed by atoms with E-state index >= 15 is 0 Å². The van der Waals surface area contributed by atoms with E-state index in [0.717, 1.165) is 83.1 Å². The molecule has 6 rings (SSSR count). The first-order valence-electron chi connectivity index (χ1n) is 12.6. The van der Waals surface area contributed by atoms with Crippen molar-refractivity contribution in [3.63, 3.8) is 0 Å². The molecule has 0 unspecified atom stereocenters. The van der Waals surface area contributed by atoms with E-state index < -0.39 is 0 Å². The highest BCUT2D eigenvalue weighted by molar-refractivity contribution is 6.10. The van der Waals surface area contributed by atoms with E-state index in [9.17, 15) is 10.2 Å². The minimum atomic E-state index is 0.296. The van der Waals surface area contributed by atoms with Crippen molar-refractivity contribution in [2.45, 2.75) is 38.8 Å². The van der Waals surface area contributed by atoms with Gasteiger partial charge in [-0.2, -0.15) is 0 Å². The van der Waals surface area contributed by atoms with Gasteiger partial charge in [0.2, 0.25) is 0 Å². The number of hydrogen-bond acceptors (Lipinski definition) is 4. The Labute approximate surface area is 201 Å². The van der Waals surface area contributed by atoms with Gasteiger partial charge in [-0.3, -0.25) is 9.80 Å². The van der Waals surface area contributed by atoms with E-state index in [0.29, 0.717) is 11.5 Å². The normalized spacial score (nSPS) is 17.3. The molecule has 0 atom stereocenters. The topological polar surface area (TPSA) is 46.9 Å². The summed E-state index contributed by atoms with van der Waals surface area (Å²) in [7, 11) is 0. The molecule has 2 fully saturated rings. The molecule has 0 aliphatic carbocycles. The highest BCUT2D eigenvalue weighted by Crippen LogP contribution is 2.48. The Balaban J connectivity index is 1.60. The van der Waals surface area contributed by atoms with E-state index in [1.807, 2.05) is 24.3 Å². The van der Waals surface area contributed by atoms with Crippen LogP contribution >= 0.6 is 0 Å². The van der Waals surface area contributed by atoms with Gasteiger partial charge in [-0.1, -0.05) is 48.5 Å². The van der Waals surface area contributed by atoms with Gasteiger partial charge < -0.3 is 10.2 Å². The summed E-state index contributed by atoms with van der Waals surface area (Å²) in [5.41, 5.74) is 3.38. The summed E-state index contributed by atoms with van der Waals surface area (Å²) in [5.74, 6) is 0.591. The number of benzene rings is 4. The van der Waals surface area contributed by atoms with Crippen molar-refractivity contribution in [2.75, 3.05) is 26.2 Å². The van der Waals surface area contributed by atoms with E-state index in [4.69, 9.17) is 0 Å². The third-order valence-corrected chi connectivity index (χ3v) is 7.64. The molecule has 4 aromatic carbocycles. The van der Waals surface area contributed by atoms with Crippen molar-refractivity contribution < 1.29 is 10.2 Å². The Hall–Kier alpha value is -3.08. The maximum absolute atomic E-state index is 11.7. The minimum absolute atomic E-state index is 0.296. The van der Waals surface area contributed by atoms with Gasteiger partial charge >= 0.3 is 0 Å². The number of phenols is 2. The lowest BCUT2D eigenvalue weighted by atomic mass is 9.88. The summed E-state index contributed by atoms with van der Waals surface area (Å²) in [6.07, 6.45) is 4.85. The Morgan fingerprint density at radius 1 is 0.559 bits per heavy atom. The Kier molecular flexibility index (Phi) is 5.64. The van der Waals surface area contributed by atoms with Gasteiger partial charge in [0, 0.05) is 35.3 Å². The minimum Gasteiger partial charge on any atom is -0.507 e. The van der Waals surface area contributed by atoms with Gasteiger partial charge in [0.15, 0.2) is 0 Å². The molecule has 4 heteroatoms. The first-order valence-corrected chi connectivity index (χ1v) is 12.6. The third kappa shape index (κ3) is 3.81. The molecule has 0 aromatic heterocycles. The smallest absolute Gasteiger partial charge is 0.128 e. The van der Waals surface area contributed by atoms with E-state index in [1.54, 1.807) is 0 Å². The zero-order valence-electron chi connectivity index (χ0n) is 19.6. The third-order valence-electron chi connectivity index (χ3n) is 7.64. The Bertz CT molecular complexity index is 1250. The summed E-state index contributed by atoms with van der Waals surface area (Å²) in [6.45, 7) is 5.75. The summed E-state index contributed by atoms with van der Waals surface area (Å²) < 4.78 is 0. The van der Waals surface area contributed by atoms with Gasteiger partial charge in [-0.05, 0) is 85.5 Å². The van der Waals surface area contributed by atoms with Crippen molar-refractivity contribution in [3.05, 3.63) is 71.8 Å². The van der Waals surface area contributed by atoms with Crippen LogP contribution in [0.1, 0.15) is 36.8 Å². The van der Waals surface area contributed by atoms with Gasteiger partial charge in [0.25, 0.3) is 0 Å². The first-order chi connectivity index (χ1) is 16.7. The molecule has 0 spiro atoms. The van der Waals surface area contributed by atoms with Crippen molar-refractivity contribution in [1.82, 2.24) is 9.80 Å². The van der Waals surface area contributed by atoms with Crippen LogP contribution < -0.4 is 0 Å². The lowest BCUT2D eigenvalue weighted by Gasteiger charge is -2.22. The zero-order valence-corrected chi connectivity index (χ0v) is 19.6. The first kappa shape index (κ1) is 21.5. The van der Waals surface area contributed by atoms with Crippen molar-refractivity contribution in [1.29, 1.82) is 0 Å².